The Kier molecular flexibility index (Phi) is 4.39. The van der Waals surface area contributed by atoms with Gasteiger partial charge in [-0.25, -0.2) is 4.98 Å². The third-order valence-electron chi connectivity index (χ3n) is 3.44. The second-order valence-corrected chi connectivity index (χ2v) is 5.20. The smallest absolute Gasteiger partial charge is 0.323 e. The molecule has 2 aromatic rings. The minimum Gasteiger partial charge on any atom is -0.468 e. The molecule has 0 aliphatic heterocycles. The van der Waals surface area contributed by atoms with E-state index in [4.69, 9.17) is 4.74 Å². The van der Waals surface area contributed by atoms with Crippen LogP contribution in [0.1, 0.15) is 25.2 Å². The van der Waals surface area contributed by atoms with Crippen molar-refractivity contribution in [2.24, 2.45) is 5.92 Å². The SMILES string of the molecule is COC(=O)C(NCc1c(C)nc2ccccn12)C(C)C. The maximum atomic E-state index is 11.8. The van der Waals surface area contributed by atoms with E-state index in [1.807, 2.05) is 49.6 Å². The first-order valence-electron chi connectivity index (χ1n) is 6.78. The average Bonchev–Trinajstić information content (AvgIpc) is 2.74. The molecule has 1 N–H and O–H groups in total. The summed E-state index contributed by atoms with van der Waals surface area (Å²) in [5.41, 5.74) is 2.95. The number of aromatic nitrogens is 2. The summed E-state index contributed by atoms with van der Waals surface area (Å²) in [6.07, 6.45) is 1.98. The third kappa shape index (κ3) is 2.82. The molecule has 1 atom stereocenters. The Balaban J connectivity index is 2.20. The first-order chi connectivity index (χ1) is 9.54. The summed E-state index contributed by atoms with van der Waals surface area (Å²) in [6.45, 7) is 6.55. The van der Waals surface area contributed by atoms with Crippen LogP contribution in [0.2, 0.25) is 0 Å². The fourth-order valence-corrected chi connectivity index (χ4v) is 2.30. The lowest BCUT2D eigenvalue weighted by Crippen LogP contribution is -2.41. The van der Waals surface area contributed by atoms with E-state index in [0.29, 0.717) is 6.54 Å². The predicted octanol–water partition coefficient (Wildman–Crippen LogP) is 1.93. The first-order valence-corrected chi connectivity index (χ1v) is 6.78. The van der Waals surface area contributed by atoms with Crippen molar-refractivity contribution in [3.63, 3.8) is 0 Å². The number of esters is 1. The highest BCUT2D eigenvalue weighted by atomic mass is 16.5. The van der Waals surface area contributed by atoms with Gasteiger partial charge in [-0.1, -0.05) is 19.9 Å². The third-order valence-corrected chi connectivity index (χ3v) is 3.44. The second-order valence-electron chi connectivity index (χ2n) is 5.20. The van der Waals surface area contributed by atoms with Crippen LogP contribution in [0.3, 0.4) is 0 Å². The minimum atomic E-state index is -0.311. The number of hydrogen-bond acceptors (Lipinski definition) is 4. The summed E-state index contributed by atoms with van der Waals surface area (Å²) >= 11 is 0. The number of fused-ring (bicyclic) bond motifs is 1. The molecule has 0 spiro atoms. The van der Waals surface area contributed by atoms with Crippen molar-refractivity contribution in [2.75, 3.05) is 7.11 Å². The van der Waals surface area contributed by atoms with E-state index in [1.54, 1.807) is 0 Å². The molecular weight excluding hydrogens is 254 g/mol. The van der Waals surface area contributed by atoms with E-state index in [9.17, 15) is 4.79 Å². The van der Waals surface area contributed by atoms with Crippen LogP contribution in [0.15, 0.2) is 24.4 Å². The fourth-order valence-electron chi connectivity index (χ4n) is 2.30. The van der Waals surface area contributed by atoms with Crippen LogP contribution in [0.5, 0.6) is 0 Å². The van der Waals surface area contributed by atoms with Gasteiger partial charge in [0.15, 0.2) is 0 Å². The Bertz CT molecular complexity index is 604. The summed E-state index contributed by atoms with van der Waals surface area (Å²) in [5, 5.41) is 3.27. The van der Waals surface area contributed by atoms with Gasteiger partial charge in [0, 0.05) is 12.7 Å². The van der Waals surface area contributed by atoms with E-state index in [1.165, 1.54) is 7.11 Å². The lowest BCUT2D eigenvalue weighted by atomic mass is 10.0. The van der Waals surface area contributed by atoms with Gasteiger partial charge >= 0.3 is 5.97 Å². The molecule has 2 rings (SSSR count). The number of carbonyl (C=O) groups is 1. The van der Waals surface area contributed by atoms with Gasteiger partial charge in [0.2, 0.25) is 0 Å². The van der Waals surface area contributed by atoms with Crippen molar-refractivity contribution >= 4 is 11.6 Å². The molecule has 0 bridgehead atoms. The summed E-state index contributed by atoms with van der Waals surface area (Å²) < 4.78 is 6.88. The number of carbonyl (C=O) groups excluding carboxylic acids is 1. The van der Waals surface area contributed by atoms with Crippen LogP contribution >= 0.6 is 0 Å². The molecule has 0 saturated carbocycles. The number of imidazole rings is 1. The summed E-state index contributed by atoms with van der Waals surface area (Å²) in [6, 6.07) is 5.59. The molecule has 108 valence electrons. The van der Waals surface area contributed by atoms with Crippen LogP contribution in [0, 0.1) is 12.8 Å². The lowest BCUT2D eigenvalue weighted by molar-refractivity contribution is -0.144. The monoisotopic (exact) mass is 275 g/mol. The number of nitrogens with zero attached hydrogens (tertiary/aromatic N) is 2. The van der Waals surface area contributed by atoms with E-state index in [-0.39, 0.29) is 17.9 Å². The standard InChI is InChI=1S/C15H21N3O2/c1-10(2)14(15(19)20-4)16-9-12-11(3)17-13-7-5-6-8-18(12)13/h5-8,10,14,16H,9H2,1-4H3. The van der Waals surface area contributed by atoms with Crippen LogP contribution in [-0.4, -0.2) is 28.5 Å². The normalized spacial score (nSPS) is 12.8. The van der Waals surface area contributed by atoms with Gasteiger partial charge in [-0.2, -0.15) is 0 Å². The number of nitrogens with one attached hydrogen (secondary N) is 1. The van der Waals surface area contributed by atoms with Crippen molar-refractivity contribution in [1.29, 1.82) is 0 Å². The van der Waals surface area contributed by atoms with Gasteiger partial charge < -0.3 is 9.14 Å². The van der Waals surface area contributed by atoms with Crippen LogP contribution in [0.4, 0.5) is 0 Å². The highest BCUT2D eigenvalue weighted by molar-refractivity contribution is 5.75. The van der Waals surface area contributed by atoms with Crippen LogP contribution in [0.25, 0.3) is 5.65 Å². The molecule has 20 heavy (non-hydrogen) atoms. The molecule has 2 aromatic heterocycles. The lowest BCUT2D eigenvalue weighted by Gasteiger charge is -2.19. The molecule has 0 aliphatic carbocycles. The molecule has 1 unspecified atom stereocenters. The average molecular weight is 275 g/mol. The zero-order valence-electron chi connectivity index (χ0n) is 12.4. The molecule has 5 nitrogen and oxygen atoms in total. The minimum absolute atomic E-state index is 0.168. The van der Waals surface area contributed by atoms with E-state index in [0.717, 1.165) is 17.0 Å². The van der Waals surface area contributed by atoms with Gasteiger partial charge in [0.1, 0.15) is 11.7 Å². The molecule has 0 saturated heterocycles. The number of methoxy groups -OCH3 is 1. The quantitative estimate of drug-likeness (QED) is 0.847. The number of rotatable bonds is 5. The first kappa shape index (κ1) is 14.5. The Morgan fingerprint density at radius 3 is 2.85 bits per heavy atom. The van der Waals surface area contributed by atoms with E-state index < -0.39 is 0 Å². The van der Waals surface area contributed by atoms with Crippen molar-refractivity contribution in [2.45, 2.75) is 33.4 Å². The Morgan fingerprint density at radius 2 is 2.20 bits per heavy atom. The highest BCUT2D eigenvalue weighted by Gasteiger charge is 2.23. The Labute approximate surface area is 119 Å². The Hall–Kier alpha value is -1.88. The van der Waals surface area contributed by atoms with Gasteiger partial charge in [-0.05, 0) is 25.0 Å². The summed E-state index contributed by atoms with van der Waals surface area (Å²) in [4.78, 5) is 16.3. The van der Waals surface area contributed by atoms with Crippen LogP contribution < -0.4 is 5.32 Å². The van der Waals surface area contributed by atoms with E-state index in [2.05, 4.69) is 10.3 Å². The molecule has 0 aliphatic rings. The fraction of sp³-hybridized carbons (Fsp3) is 0.467. The topological polar surface area (TPSA) is 55.6 Å². The molecule has 0 aromatic carbocycles. The van der Waals surface area contributed by atoms with Crippen molar-refractivity contribution in [3.05, 3.63) is 35.8 Å². The summed E-state index contributed by atoms with van der Waals surface area (Å²) in [7, 11) is 1.42. The molecule has 0 radical (unpaired) electrons. The van der Waals surface area contributed by atoms with E-state index >= 15 is 0 Å². The largest absolute Gasteiger partial charge is 0.468 e. The van der Waals surface area contributed by atoms with Crippen LogP contribution in [-0.2, 0) is 16.1 Å². The van der Waals surface area contributed by atoms with Crippen molar-refractivity contribution in [1.82, 2.24) is 14.7 Å². The zero-order chi connectivity index (χ0) is 14.7. The van der Waals surface area contributed by atoms with Crippen molar-refractivity contribution < 1.29 is 9.53 Å². The molecule has 0 fully saturated rings. The molecule has 5 heteroatoms. The number of pyridine rings is 1. The number of hydrogen-bond donors (Lipinski definition) is 1. The predicted molar refractivity (Wildman–Crippen MR) is 77.4 cm³/mol. The molecular formula is C15H21N3O2. The van der Waals surface area contributed by atoms with Gasteiger partial charge in [0.25, 0.3) is 0 Å². The van der Waals surface area contributed by atoms with Gasteiger partial charge in [0.05, 0.1) is 18.5 Å². The summed E-state index contributed by atoms with van der Waals surface area (Å²) in [5.74, 6) is -0.0617. The second kappa shape index (κ2) is 6.05. The maximum absolute atomic E-state index is 11.8. The Morgan fingerprint density at radius 1 is 1.45 bits per heavy atom. The van der Waals surface area contributed by atoms with Gasteiger partial charge in [-0.15, -0.1) is 0 Å². The number of aryl methyl sites for hydroxylation is 1. The molecule has 2 heterocycles. The molecule has 0 amide bonds. The zero-order valence-corrected chi connectivity index (χ0v) is 12.4. The number of ether oxygens (including phenoxy) is 1. The van der Waals surface area contributed by atoms with Gasteiger partial charge in [-0.3, -0.25) is 10.1 Å². The van der Waals surface area contributed by atoms with Crippen molar-refractivity contribution in [3.8, 4) is 0 Å². The highest BCUT2D eigenvalue weighted by Crippen LogP contribution is 2.13. The maximum Gasteiger partial charge on any atom is 0.323 e.